The fourth-order valence-corrected chi connectivity index (χ4v) is 11.5. The highest BCUT2D eigenvalue weighted by molar-refractivity contribution is 5.35. The Morgan fingerprint density at radius 3 is 2.34 bits per heavy atom. The van der Waals surface area contributed by atoms with Crippen molar-refractivity contribution in [1.82, 2.24) is 0 Å². The Bertz CT molecular complexity index is 927. The Morgan fingerprint density at radius 1 is 0.886 bits per heavy atom. The van der Waals surface area contributed by atoms with E-state index in [9.17, 15) is 10.2 Å². The largest absolute Gasteiger partial charge is 0.393 e. The lowest BCUT2D eigenvalue weighted by molar-refractivity contribution is -0.215. The minimum absolute atomic E-state index is 0.00282. The fraction of sp³-hybridized carbons (Fsp3) is 0.935. The molecule has 198 valence electrons. The van der Waals surface area contributed by atoms with E-state index in [0.717, 1.165) is 44.9 Å². The number of methoxy groups -OCH3 is 1. The van der Waals surface area contributed by atoms with Gasteiger partial charge in [0.1, 0.15) is 0 Å². The molecule has 6 fully saturated rings. The topological polar surface area (TPSA) is 58.9 Å². The first-order valence-electron chi connectivity index (χ1n) is 14.5. The molecule has 5 aliphatic carbocycles. The van der Waals surface area contributed by atoms with Crippen LogP contribution in [-0.4, -0.2) is 42.4 Å². The van der Waals surface area contributed by atoms with E-state index in [1.165, 1.54) is 12.8 Å². The van der Waals surface area contributed by atoms with Crippen LogP contribution in [0.3, 0.4) is 0 Å². The predicted octanol–water partition coefficient (Wildman–Crippen LogP) is 6.10. The third-order valence-electron chi connectivity index (χ3n) is 14.0. The summed E-state index contributed by atoms with van der Waals surface area (Å²) in [6.07, 6.45) is 11.5. The van der Waals surface area contributed by atoms with E-state index < -0.39 is 0 Å². The van der Waals surface area contributed by atoms with Gasteiger partial charge in [-0.2, -0.15) is 0 Å². The maximum absolute atomic E-state index is 12.0. The minimum Gasteiger partial charge on any atom is -0.393 e. The van der Waals surface area contributed by atoms with Gasteiger partial charge in [-0.1, -0.05) is 53.2 Å². The normalized spacial score (nSPS) is 58.8. The van der Waals surface area contributed by atoms with Gasteiger partial charge in [0.05, 0.1) is 18.8 Å². The third-order valence-corrected chi connectivity index (χ3v) is 14.0. The zero-order valence-electron chi connectivity index (χ0n) is 23.3. The summed E-state index contributed by atoms with van der Waals surface area (Å²) in [6.45, 7) is 15.3. The molecule has 2 saturated heterocycles. The first kappa shape index (κ1) is 24.9. The molecule has 0 aromatic heterocycles. The highest BCUT2D eigenvalue weighted by Gasteiger charge is 2.71. The lowest BCUT2D eigenvalue weighted by Crippen LogP contribution is -2.66. The van der Waals surface area contributed by atoms with Gasteiger partial charge in [-0.25, -0.2) is 0 Å². The van der Waals surface area contributed by atoms with Crippen LogP contribution >= 0.6 is 0 Å². The Balaban J connectivity index is 1.44. The van der Waals surface area contributed by atoms with Crippen LogP contribution in [0.5, 0.6) is 0 Å². The van der Waals surface area contributed by atoms with Crippen LogP contribution in [0, 0.1) is 50.2 Å². The second-order valence-electron chi connectivity index (χ2n) is 15.4. The van der Waals surface area contributed by atoms with Gasteiger partial charge in [0.2, 0.25) is 0 Å². The van der Waals surface area contributed by atoms with E-state index in [0.29, 0.717) is 24.4 Å². The first-order valence-corrected chi connectivity index (χ1v) is 14.5. The molecule has 0 aromatic carbocycles. The molecule has 35 heavy (non-hydrogen) atoms. The molecule has 2 bridgehead atoms. The van der Waals surface area contributed by atoms with Gasteiger partial charge in [-0.05, 0) is 97.2 Å². The van der Waals surface area contributed by atoms with E-state index in [4.69, 9.17) is 9.47 Å². The van der Waals surface area contributed by atoms with E-state index >= 15 is 0 Å². The average molecular weight is 487 g/mol. The Hall–Kier alpha value is -0.420. The maximum atomic E-state index is 12.0. The summed E-state index contributed by atoms with van der Waals surface area (Å²) in [7, 11) is 1.78. The second kappa shape index (κ2) is 7.36. The van der Waals surface area contributed by atoms with Crippen LogP contribution in [0.15, 0.2) is 11.6 Å². The highest BCUT2D eigenvalue weighted by Crippen LogP contribution is 2.76. The molecule has 7 aliphatic rings. The number of ether oxygens (including phenoxy) is 2. The summed E-state index contributed by atoms with van der Waals surface area (Å²) in [6, 6.07) is 0. The highest BCUT2D eigenvalue weighted by atomic mass is 16.7. The molecule has 0 radical (unpaired) electrons. The summed E-state index contributed by atoms with van der Waals surface area (Å²) in [4.78, 5) is 0. The van der Waals surface area contributed by atoms with Gasteiger partial charge in [-0.15, -0.1) is 0 Å². The summed E-state index contributed by atoms with van der Waals surface area (Å²) < 4.78 is 12.3. The fourth-order valence-electron chi connectivity index (χ4n) is 11.5. The van der Waals surface area contributed by atoms with Gasteiger partial charge in [0.15, 0.2) is 6.29 Å². The molecule has 0 amide bonds. The molecule has 4 saturated carbocycles. The van der Waals surface area contributed by atoms with Gasteiger partial charge in [0, 0.05) is 17.9 Å². The van der Waals surface area contributed by atoms with Gasteiger partial charge < -0.3 is 19.7 Å². The molecule has 7 rings (SSSR count). The van der Waals surface area contributed by atoms with Crippen molar-refractivity contribution >= 4 is 0 Å². The van der Waals surface area contributed by atoms with Gasteiger partial charge >= 0.3 is 0 Å². The Morgan fingerprint density at radius 2 is 1.63 bits per heavy atom. The zero-order chi connectivity index (χ0) is 25.2. The molecular formula is C31H50O4. The number of allylic oxidation sites excluding steroid dienone is 2. The molecule has 2 aliphatic heterocycles. The lowest BCUT2D eigenvalue weighted by Gasteiger charge is -2.71. The van der Waals surface area contributed by atoms with Gasteiger partial charge in [0.25, 0.3) is 0 Å². The van der Waals surface area contributed by atoms with Crippen molar-refractivity contribution in [3.63, 3.8) is 0 Å². The summed E-state index contributed by atoms with van der Waals surface area (Å²) in [5.74, 6) is 1.53. The predicted molar refractivity (Wildman–Crippen MR) is 138 cm³/mol. The van der Waals surface area contributed by atoms with Crippen molar-refractivity contribution in [2.24, 2.45) is 50.2 Å². The van der Waals surface area contributed by atoms with Crippen molar-refractivity contribution < 1.29 is 19.7 Å². The number of rotatable bonds is 1. The van der Waals surface area contributed by atoms with E-state index in [2.05, 4.69) is 47.6 Å². The lowest BCUT2D eigenvalue weighted by atomic mass is 9.33. The molecule has 2 N–H and O–H groups in total. The average Bonchev–Trinajstić information content (AvgIpc) is 3.01. The first-order chi connectivity index (χ1) is 16.3. The standard InChI is InChI=1S/C31H50O4/c1-26(2)21-10-13-29(5)22(28(21,4)12-11-23(26)32)9-8-19-20-16-27(3)14-15-31(20,18-35-25(27)34-7)24(33)17-30(19,29)6/h8,20-25,32-33H,9-18H2,1-7H3/t20-,21?,22-,23+,24-,25?,27-,28+,29-,30-,31-/m1/s1. The number of aliphatic hydroxyl groups excluding tert-OH is 2. The summed E-state index contributed by atoms with van der Waals surface area (Å²) in [5.41, 5.74) is 1.85. The van der Waals surface area contributed by atoms with E-state index in [1.54, 1.807) is 12.7 Å². The van der Waals surface area contributed by atoms with Crippen LogP contribution in [0.2, 0.25) is 0 Å². The molecular weight excluding hydrogens is 436 g/mol. The molecule has 1 spiro atoms. The number of hydrogen-bond donors (Lipinski definition) is 2. The smallest absolute Gasteiger partial charge is 0.162 e. The molecule has 4 heteroatoms. The van der Waals surface area contributed by atoms with Gasteiger partial charge in [-0.3, -0.25) is 0 Å². The number of hydrogen-bond acceptors (Lipinski definition) is 4. The van der Waals surface area contributed by atoms with Crippen molar-refractivity contribution in [3.05, 3.63) is 11.6 Å². The van der Waals surface area contributed by atoms with E-state index in [1.807, 2.05) is 0 Å². The Labute approximate surface area is 213 Å². The maximum Gasteiger partial charge on any atom is 0.162 e. The van der Waals surface area contributed by atoms with Crippen LogP contribution < -0.4 is 0 Å². The molecule has 2 unspecified atom stereocenters. The quantitative estimate of drug-likeness (QED) is 0.440. The molecule has 4 nitrogen and oxygen atoms in total. The summed E-state index contributed by atoms with van der Waals surface area (Å²) >= 11 is 0. The third kappa shape index (κ3) is 2.84. The number of aliphatic hydroxyl groups is 2. The zero-order valence-corrected chi connectivity index (χ0v) is 23.3. The minimum atomic E-state index is -0.333. The van der Waals surface area contributed by atoms with Crippen molar-refractivity contribution in [1.29, 1.82) is 0 Å². The SMILES string of the molecule is COC1OC[C@]23CC[C@]1(C)C[C@@H]2C1=CC[C@@H]2[C@@]4(C)CC[C@H](O)C(C)(C)C4CC[C@@]2(C)[C@]1(C)C[C@H]3O. The van der Waals surface area contributed by atoms with Crippen molar-refractivity contribution in [2.75, 3.05) is 13.7 Å². The molecule has 0 aromatic rings. The van der Waals surface area contributed by atoms with Crippen LogP contribution in [0.25, 0.3) is 0 Å². The van der Waals surface area contributed by atoms with Crippen LogP contribution in [0.4, 0.5) is 0 Å². The molecule has 2 heterocycles. The van der Waals surface area contributed by atoms with Crippen LogP contribution in [-0.2, 0) is 9.47 Å². The van der Waals surface area contributed by atoms with E-state index in [-0.39, 0.29) is 51.0 Å². The van der Waals surface area contributed by atoms with Crippen molar-refractivity contribution in [2.45, 2.75) is 118 Å². The Kier molecular flexibility index (Phi) is 5.24. The molecule has 11 atom stereocenters. The number of fused-ring (bicyclic) bond motifs is 8. The van der Waals surface area contributed by atoms with Crippen molar-refractivity contribution in [3.8, 4) is 0 Å². The second-order valence-corrected chi connectivity index (χ2v) is 15.4. The monoisotopic (exact) mass is 486 g/mol. The van der Waals surface area contributed by atoms with Crippen LogP contribution in [0.1, 0.15) is 99.3 Å². The summed E-state index contributed by atoms with van der Waals surface area (Å²) in [5, 5.41) is 22.9.